The molecule has 5 N–H and O–H groups in total. The van der Waals surface area contributed by atoms with Gasteiger partial charge in [0, 0.05) is 6.54 Å². The molecule has 0 amide bonds. The summed E-state index contributed by atoms with van der Waals surface area (Å²) in [5.74, 6) is -1.99. The van der Waals surface area contributed by atoms with E-state index in [2.05, 4.69) is 4.99 Å². The lowest BCUT2D eigenvalue weighted by molar-refractivity contribution is -0.197. The van der Waals surface area contributed by atoms with Gasteiger partial charge in [-0.15, -0.1) is 0 Å². The van der Waals surface area contributed by atoms with Gasteiger partial charge in [-0.1, -0.05) is 6.42 Å². The second kappa shape index (κ2) is 9.03. The van der Waals surface area contributed by atoms with Crippen molar-refractivity contribution in [1.29, 1.82) is 0 Å². The molecule has 0 bridgehead atoms. The zero-order valence-corrected chi connectivity index (χ0v) is 16.2. The standard InChI is InChI=1S/C17H33N3O5/c1-15(2,3)24-12(21)17(23,13(22)25-16(4,5)6)10-8-7-9-11-20-14(18)19/h23H,7-11H2,1-6H3,(H4,18,19,20). The van der Waals surface area contributed by atoms with Crippen molar-refractivity contribution in [2.75, 3.05) is 6.54 Å². The van der Waals surface area contributed by atoms with Gasteiger partial charge in [0.15, 0.2) is 5.96 Å². The minimum atomic E-state index is -2.34. The number of unbranched alkanes of at least 4 members (excludes halogenated alkanes) is 2. The first-order valence-electron chi connectivity index (χ1n) is 8.42. The molecule has 0 spiro atoms. The number of nitrogens with zero attached hydrogens (tertiary/aromatic N) is 1. The van der Waals surface area contributed by atoms with Gasteiger partial charge in [0.2, 0.25) is 0 Å². The zero-order valence-electron chi connectivity index (χ0n) is 16.2. The summed E-state index contributed by atoms with van der Waals surface area (Å²) in [6.45, 7) is 10.4. The van der Waals surface area contributed by atoms with E-state index < -0.39 is 28.7 Å². The van der Waals surface area contributed by atoms with Gasteiger partial charge >= 0.3 is 11.9 Å². The minimum absolute atomic E-state index is 0.0130. The van der Waals surface area contributed by atoms with Gasteiger partial charge in [0.25, 0.3) is 5.60 Å². The SMILES string of the molecule is CC(C)(C)OC(=O)C(O)(CCCCCN=C(N)N)C(=O)OC(C)(C)C. The molecule has 0 aliphatic heterocycles. The number of hydrogen-bond acceptors (Lipinski definition) is 6. The largest absolute Gasteiger partial charge is 0.457 e. The minimum Gasteiger partial charge on any atom is -0.457 e. The molecule has 0 saturated carbocycles. The van der Waals surface area contributed by atoms with Crippen molar-refractivity contribution in [3.8, 4) is 0 Å². The fourth-order valence-corrected chi connectivity index (χ4v) is 1.89. The molecule has 0 fully saturated rings. The fourth-order valence-electron chi connectivity index (χ4n) is 1.89. The number of nitrogens with two attached hydrogens (primary N) is 2. The first kappa shape index (κ1) is 23.2. The summed E-state index contributed by atoms with van der Waals surface area (Å²) in [6.07, 6.45) is 1.61. The summed E-state index contributed by atoms with van der Waals surface area (Å²) in [5, 5.41) is 10.7. The van der Waals surface area contributed by atoms with Crippen LogP contribution in [0.4, 0.5) is 0 Å². The van der Waals surface area contributed by atoms with Crippen LogP contribution < -0.4 is 11.5 Å². The molecule has 146 valence electrons. The quantitative estimate of drug-likeness (QED) is 0.195. The summed E-state index contributed by atoms with van der Waals surface area (Å²) >= 11 is 0. The average molecular weight is 359 g/mol. The molecule has 0 rings (SSSR count). The van der Waals surface area contributed by atoms with Crippen molar-refractivity contribution in [3.63, 3.8) is 0 Å². The average Bonchev–Trinajstić information content (AvgIpc) is 2.37. The Kier molecular flexibility index (Phi) is 8.37. The maximum atomic E-state index is 12.4. The zero-order chi connectivity index (χ0) is 19.9. The topological polar surface area (TPSA) is 137 Å². The molecular weight excluding hydrogens is 326 g/mol. The first-order chi connectivity index (χ1) is 11.2. The summed E-state index contributed by atoms with van der Waals surface area (Å²) in [4.78, 5) is 28.6. The molecule has 0 aromatic rings. The van der Waals surface area contributed by atoms with Crippen LogP contribution in [-0.4, -0.2) is 46.4 Å². The third kappa shape index (κ3) is 9.91. The van der Waals surface area contributed by atoms with Crippen molar-refractivity contribution in [3.05, 3.63) is 0 Å². The molecule has 0 saturated heterocycles. The lowest BCUT2D eigenvalue weighted by atomic mass is 9.95. The van der Waals surface area contributed by atoms with Crippen molar-refractivity contribution in [1.82, 2.24) is 0 Å². The van der Waals surface area contributed by atoms with Crippen LogP contribution >= 0.6 is 0 Å². The molecule has 25 heavy (non-hydrogen) atoms. The van der Waals surface area contributed by atoms with E-state index in [0.29, 0.717) is 25.8 Å². The summed E-state index contributed by atoms with van der Waals surface area (Å²) in [7, 11) is 0. The fraction of sp³-hybridized carbons (Fsp3) is 0.824. The summed E-state index contributed by atoms with van der Waals surface area (Å²) < 4.78 is 10.4. The van der Waals surface area contributed by atoms with Gasteiger partial charge in [-0.25, -0.2) is 9.59 Å². The Labute approximate surface area is 149 Å². The van der Waals surface area contributed by atoms with E-state index in [1.807, 2.05) is 0 Å². The second-order valence-electron chi connectivity index (χ2n) is 7.98. The molecule has 0 aliphatic rings. The van der Waals surface area contributed by atoms with E-state index in [0.717, 1.165) is 0 Å². The van der Waals surface area contributed by atoms with Gasteiger partial charge in [-0.3, -0.25) is 4.99 Å². The maximum absolute atomic E-state index is 12.4. The predicted molar refractivity (Wildman–Crippen MR) is 95.8 cm³/mol. The molecule has 8 nitrogen and oxygen atoms in total. The van der Waals surface area contributed by atoms with Crippen LogP contribution in [0.1, 0.15) is 67.2 Å². The third-order valence-corrected chi connectivity index (χ3v) is 2.96. The highest BCUT2D eigenvalue weighted by atomic mass is 16.6. The van der Waals surface area contributed by atoms with Crippen LogP contribution in [0, 0.1) is 0 Å². The monoisotopic (exact) mass is 359 g/mol. The lowest BCUT2D eigenvalue weighted by Crippen LogP contribution is -2.52. The highest BCUT2D eigenvalue weighted by Gasteiger charge is 2.49. The molecule has 0 aliphatic carbocycles. The van der Waals surface area contributed by atoms with Crippen LogP contribution in [0.5, 0.6) is 0 Å². The lowest BCUT2D eigenvalue weighted by Gasteiger charge is -2.31. The predicted octanol–water partition coefficient (Wildman–Crippen LogP) is 1.23. The van der Waals surface area contributed by atoms with E-state index in [-0.39, 0.29) is 12.4 Å². The Balaban J connectivity index is 4.98. The Morgan fingerprint density at radius 3 is 1.68 bits per heavy atom. The van der Waals surface area contributed by atoms with Gasteiger partial charge < -0.3 is 26.0 Å². The molecular formula is C17H33N3O5. The Morgan fingerprint density at radius 1 is 0.880 bits per heavy atom. The number of ether oxygens (including phenoxy) is 2. The molecule has 0 unspecified atom stereocenters. The van der Waals surface area contributed by atoms with Crippen LogP contribution in [0.2, 0.25) is 0 Å². The van der Waals surface area contributed by atoms with Gasteiger partial charge in [0.05, 0.1) is 0 Å². The van der Waals surface area contributed by atoms with Crippen LogP contribution in [0.3, 0.4) is 0 Å². The van der Waals surface area contributed by atoms with Crippen LogP contribution in [-0.2, 0) is 19.1 Å². The number of rotatable bonds is 8. The molecule has 8 heteroatoms. The highest BCUT2D eigenvalue weighted by Crippen LogP contribution is 2.24. The smallest absolute Gasteiger partial charge is 0.350 e. The molecule has 0 aromatic heterocycles. The second-order valence-corrected chi connectivity index (χ2v) is 7.98. The third-order valence-electron chi connectivity index (χ3n) is 2.96. The molecule has 0 aromatic carbocycles. The van der Waals surface area contributed by atoms with E-state index in [1.165, 1.54) is 0 Å². The Bertz CT molecular complexity index is 457. The van der Waals surface area contributed by atoms with Crippen molar-refractivity contribution >= 4 is 17.9 Å². The van der Waals surface area contributed by atoms with Crippen molar-refractivity contribution in [2.24, 2.45) is 16.5 Å². The van der Waals surface area contributed by atoms with Crippen LogP contribution in [0.15, 0.2) is 4.99 Å². The summed E-state index contributed by atoms with van der Waals surface area (Å²) in [6, 6.07) is 0. The Morgan fingerprint density at radius 2 is 1.32 bits per heavy atom. The number of aliphatic imine (C=N–C) groups is 1. The van der Waals surface area contributed by atoms with Crippen molar-refractivity contribution < 1.29 is 24.2 Å². The van der Waals surface area contributed by atoms with E-state index in [4.69, 9.17) is 20.9 Å². The van der Waals surface area contributed by atoms with Crippen molar-refractivity contribution in [2.45, 2.75) is 84.0 Å². The van der Waals surface area contributed by atoms with E-state index >= 15 is 0 Å². The van der Waals surface area contributed by atoms with Gasteiger partial charge in [-0.05, 0) is 60.8 Å². The normalized spacial score (nSPS) is 12.4. The first-order valence-corrected chi connectivity index (χ1v) is 8.42. The number of aliphatic hydroxyl groups is 1. The van der Waals surface area contributed by atoms with Gasteiger partial charge in [0.1, 0.15) is 11.2 Å². The number of hydrogen-bond donors (Lipinski definition) is 3. The number of carbonyl (C=O) groups excluding carboxylic acids is 2. The number of esters is 2. The summed E-state index contributed by atoms with van der Waals surface area (Å²) in [5.41, 5.74) is 6.48. The number of guanidine groups is 1. The molecule has 0 radical (unpaired) electrons. The van der Waals surface area contributed by atoms with E-state index in [9.17, 15) is 14.7 Å². The molecule has 0 atom stereocenters. The maximum Gasteiger partial charge on any atom is 0.350 e. The van der Waals surface area contributed by atoms with Gasteiger partial charge in [-0.2, -0.15) is 0 Å². The van der Waals surface area contributed by atoms with Crippen LogP contribution in [0.25, 0.3) is 0 Å². The molecule has 0 heterocycles. The highest BCUT2D eigenvalue weighted by molar-refractivity contribution is 6.03. The Hall–Kier alpha value is -1.83. The number of carbonyl (C=O) groups is 2. The van der Waals surface area contributed by atoms with E-state index in [1.54, 1.807) is 41.5 Å².